The summed E-state index contributed by atoms with van der Waals surface area (Å²) >= 11 is 1.30. The van der Waals surface area contributed by atoms with Crippen molar-refractivity contribution in [1.82, 2.24) is 9.97 Å². The summed E-state index contributed by atoms with van der Waals surface area (Å²) in [5.74, 6) is -11.7. The third-order valence-corrected chi connectivity index (χ3v) is 5.51. The second-order valence-electron chi connectivity index (χ2n) is 6.83. The van der Waals surface area contributed by atoms with Crippen LogP contribution in [-0.4, -0.2) is 15.9 Å². The number of hydrogen-bond acceptors (Lipinski definition) is 5. The lowest BCUT2D eigenvalue weighted by Crippen LogP contribution is -2.19. The van der Waals surface area contributed by atoms with E-state index in [9.17, 15) is 26.7 Å². The van der Waals surface area contributed by atoms with Gasteiger partial charge in [0.1, 0.15) is 5.69 Å². The molecular formula is C22H13F5N4OS. The molecule has 33 heavy (non-hydrogen) atoms. The van der Waals surface area contributed by atoms with Gasteiger partial charge in [-0.1, -0.05) is 18.2 Å². The van der Waals surface area contributed by atoms with Crippen LogP contribution in [0, 0.1) is 29.1 Å². The van der Waals surface area contributed by atoms with Crippen molar-refractivity contribution >= 4 is 28.7 Å². The second kappa shape index (κ2) is 8.94. The third-order valence-electron chi connectivity index (χ3n) is 4.63. The highest BCUT2D eigenvalue weighted by molar-refractivity contribution is 7.13. The fourth-order valence-electron chi connectivity index (χ4n) is 3.00. The van der Waals surface area contributed by atoms with E-state index in [-0.39, 0.29) is 11.5 Å². The zero-order valence-electron chi connectivity index (χ0n) is 16.5. The van der Waals surface area contributed by atoms with Crippen molar-refractivity contribution in [3.8, 4) is 21.8 Å². The number of nitrogens with zero attached hydrogens (tertiary/aromatic N) is 2. The van der Waals surface area contributed by atoms with Crippen molar-refractivity contribution in [2.45, 2.75) is 6.42 Å². The maximum atomic E-state index is 13.9. The Kier molecular flexibility index (Phi) is 6.05. The molecule has 2 aromatic heterocycles. The number of carbonyl (C=O) groups excluding carboxylic acids is 1. The van der Waals surface area contributed by atoms with E-state index >= 15 is 0 Å². The highest BCUT2D eigenvalue weighted by atomic mass is 32.1. The molecule has 4 aromatic rings. The first kappa shape index (κ1) is 22.3. The molecule has 0 saturated heterocycles. The van der Waals surface area contributed by atoms with Crippen molar-refractivity contribution in [2.24, 2.45) is 0 Å². The molecule has 168 valence electrons. The molecule has 0 atom stereocenters. The van der Waals surface area contributed by atoms with Gasteiger partial charge in [0.2, 0.25) is 11.7 Å². The Morgan fingerprint density at radius 2 is 1.58 bits per heavy atom. The first-order valence-electron chi connectivity index (χ1n) is 9.33. The Hall–Kier alpha value is -3.86. The Morgan fingerprint density at radius 3 is 2.18 bits per heavy atom. The van der Waals surface area contributed by atoms with E-state index in [1.165, 1.54) is 17.5 Å². The fraction of sp³-hybridized carbons (Fsp3) is 0.0455. The first-order valence-corrected chi connectivity index (χ1v) is 10.2. The van der Waals surface area contributed by atoms with Crippen LogP contribution in [0.5, 0.6) is 0 Å². The van der Waals surface area contributed by atoms with Crippen LogP contribution >= 0.6 is 11.3 Å². The van der Waals surface area contributed by atoms with Crippen LogP contribution in [0.15, 0.2) is 48.0 Å². The number of thiophene rings is 1. The van der Waals surface area contributed by atoms with E-state index in [4.69, 9.17) is 5.73 Å². The van der Waals surface area contributed by atoms with E-state index in [0.717, 1.165) is 0 Å². The molecule has 0 aliphatic carbocycles. The monoisotopic (exact) mass is 476 g/mol. The summed E-state index contributed by atoms with van der Waals surface area (Å²) in [4.78, 5) is 21.8. The van der Waals surface area contributed by atoms with Gasteiger partial charge in [-0.25, -0.2) is 31.9 Å². The predicted molar refractivity (Wildman–Crippen MR) is 114 cm³/mol. The number of halogens is 5. The zero-order valence-corrected chi connectivity index (χ0v) is 17.3. The first-order chi connectivity index (χ1) is 15.8. The molecule has 0 bridgehead atoms. The Bertz CT molecular complexity index is 1320. The molecule has 3 N–H and O–H groups in total. The standard InChI is InChI=1S/C22H13F5N4OS/c23-16-12(17(24)19(26)20(27)18(16)25)8-15(32)31-22-21(14-2-1-7-33-14)30-13(9-29-22)10-3-5-11(28)6-4-10/h1-7,9H,8,28H2,(H,29,31,32). The Labute approximate surface area is 187 Å². The van der Waals surface area contributed by atoms with Crippen molar-refractivity contribution < 1.29 is 26.7 Å². The highest BCUT2D eigenvalue weighted by Crippen LogP contribution is 2.31. The number of benzene rings is 2. The van der Waals surface area contributed by atoms with E-state index in [0.29, 0.717) is 21.8 Å². The molecule has 5 nitrogen and oxygen atoms in total. The van der Waals surface area contributed by atoms with E-state index in [1.54, 1.807) is 41.8 Å². The summed E-state index contributed by atoms with van der Waals surface area (Å²) in [5.41, 5.74) is 6.45. The normalized spacial score (nSPS) is 10.9. The lowest BCUT2D eigenvalue weighted by molar-refractivity contribution is -0.115. The van der Waals surface area contributed by atoms with Gasteiger partial charge >= 0.3 is 0 Å². The van der Waals surface area contributed by atoms with Gasteiger partial charge in [-0.3, -0.25) is 4.79 Å². The number of amides is 1. The summed E-state index contributed by atoms with van der Waals surface area (Å²) in [6.45, 7) is 0. The molecule has 0 aliphatic rings. The molecule has 0 fully saturated rings. The van der Waals surface area contributed by atoms with Gasteiger partial charge in [0.15, 0.2) is 29.1 Å². The van der Waals surface area contributed by atoms with Gasteiger partial charge in [0.05, 0.1) is 23.2 Å². The molecule has 0 spiro atoms. The number of rotatable bonds is 5. The third kappa shape index (κ3) is 4.40. The van der Waals surface area contributed by atoms with E-state index in [2.05, 4.69) is 15.3 Å². The largest absolute Gasteiger partial charge is 0.399 e. The molecule has 11 heteroatoms. The minimum atomic E-state index is -2.29. The summed E-state index contributed by atoms with van der Waals surface area (Å²) in [7, 11) is 0. The van der Waals surface area contributed by atoms with Gasteiger partial charge in [-0.15, -0.1) is 11.3 Å². The number of nitrogens with one attached hydrogen (secondary N) is 1. The van der Waals surface area contributed by atoms with E-state index < -0.39 is 47.0 Å². The summed E-state index contributed by atoms with van der Waals surface area (Å²) < 4.78 is 68.0. The van der Waals surface area contributed by atoms with Gasteiger partial charge in [0, 0.05) is 16.8 Å². The van der Waals surface area contributed by atoms with Gasteiger partial charge < -0.3 is 11.1 Å². The number of aromatic nitrogens is 2. The number of carbonyl (C=O) groups is 1. The topological polar surface area (TPSA) is 80.9 Å². The van der Waals surface area contributed by atoms with Crippen LogP contribution in [0.1, 0.15) is 5.56 Å². The Balaban J connectivity index is 1.67. The number of nitrogen functional groups attached to an aromatic ring is 1. The molecule has 4 rings (SSSR count). The number of nitrogens with two attached hydrogens (primary N) is 1. The van der Waals surface area contributed by atoms with Crippen molar-refractivity contribution in [2.75, 3.05) is 11.1 Å². The average molecular weight is 476 g/mol. The number of hydrogen-bond donors (Lipinski definition) is 2. The summed E-state index contributed by atoms with van der Waals surface area (Å²) in [6, 6.07) is 10.3. The zero-order chi connectivity index (χ0) is 23.7. The molecule has 1 amide bonds. The molecule has 2 heterocycles. The van der Waals surface area contributed by atoms with Crippen LogP contribution in [0.2, 0.25) is 0 Å². The van der Waals surface area contributed by atoms with Crippen LogP contribution in [-0.2, 0) is 11.2 Å². The lowest BCUT2D eigenvalue weighted by Gasteiger charge is -2.12. The van der Waals surface area contributed by atoms with Crippen molar-refractivity contribution in [1.29, 1.82) is 0 Å². The molecule has 0 saturated carbocycles. The SMILES string of the molecule is Nc1ccc(-c2cnc(NC(=O)Cc3c(F)c(F)c(F)c(F)c3F)c(-c3cccs3)n2)cc1. The molecule has 2 aromatic carbocycles. The highest BCUT2D eigenvalue weighted by Gasteiger charge is 2.27. The average Bonchev–Trinajstić information content (AvgIpc) is 3.35. The van der Waals surface area contributed by atoms with Crippen LogP contribution in [0.4, 0.5) is 33.5 Å². The second-order valence-corrected chi connectivity index (χ2v) is 7.77. The van der Waals surface area contributed by atoms with Gasteiger partial charge in [0.25, 0.3) is 0 Å². The smallest absolute Gasteiger partial charge is 0.230 e. The minimum absolute atomic E-state index is 0.0366. The summed E-state index contributed by atoms with van der Waals surface area (Å²) in [5, 5.41) is 4.12. The molecule has 0 unspecified atom stereocenters. The van der Waals surface area contributed by atoms with Crippen molar-refractivity contribution in [3.05, 3.63) is 82.6 Å². The quantitative estimate of drug-likeness (QED) is 0.177. The lowest BCUT2D eigenvalue weighted by atomic mass is 10.1. The molecular weight excluding hydrogens is 463 g/mol. The Morgan fingerprint density at radius 1 is 0.939 bits per heavy atom. The maximum Gasteiger partial charge on any atom is 0.230 e. The molecule has 0 aliphatic heterocycles. The van der Waals surface area contributed by atoms with Crippen LogP contribution in [0.25, 0.3) is 21.8 Å². The van der Waals surface area contributed by atoms with Crippen LogP contribution in [0.3, 0.4) is 0 Å². The van der Waals surface area contributed by atoms with Crippen LogP contribution < -0.4 is 11.1 Å². The summed E-state index contributed by atoms with van der Waals surface area (Å²) in [6.07, 6.45) is 0.272. The maximum absolute atomic E-state index is 13.9. The predicted octanol–water partition coefficient (Wildman–Crippen LogP) is 5.33. The van der Waals surface area contributed by atoms with Gasteiger partial charge in [-0.2, -0.15) is 0 Å². The minimum Gasteiger partial charge on any atom is -0.399 e. The number of anilines is 2. The fourth-order valence-corrected chi connectivity index (χ4v) is 3.72. The van der Waals surface area contributed by atoms with Crippen molar-refractivity contribution in [3.63, 3.8) is 0 Å². The van der Waals surface area contributed by atoms with E-state index in [1.807, 2.05) is 0 Å². The van der Waals surface area contributed by atoms with Gasteiger partial charge in [-0.05, 0) is 23.6 Å². The molecule has 0 radical (unpaired) electrons.